The largest absolute Gasteiger partial charge is 0.348 e. The summed E-state index contributed by atoms with van der Waals surface area (Å²) >= 11 is 0. The van der Waals surface area contributed by atoms with Crippen molar-refractivity contribution in [2.75, 3.05) is 32.7 Å². The minimum atomic E-state index is -0.543. The topological polar surface area (TPSA) is 69.7 Å². The molecule has 3 amide bonds. The quantitative estimate of drug-likeness (QED) is 0.539. The SMILES string of the molecule is CC(C)CN(CC(C)C)C(=O)C(=O)NCCCN1CCCC1=O. The highest BCUT2D eigenvalue weighted by Crippen LogP contribution is 2.09. The lowest BCUT2D eigenvalue weighted by molar-refractivity contribution is -0.146. The van der Waals surface area contributed by atoms with Gasteiger partial charge in [0.2, 0.25) is 5.91 Å². The molecule has 1 aliphatic rings. The van der Waals surface area contributed by atoms with Crippen LogP contribution in [0.25, 0.3) is 0 Å². The fraction of sp³-hybridized carbons (Fsp3) is 0.824. The molecule has 1 saturated heterocycles. The third-order valence-corrected chi connectivity index (χ3v) is 3.71. The molecule has 1 heterocycles. The van der Waals surface area contributed by atoms with E-state index in [0.717, 1.165) is 13.0 Å². The smallest absolute Gasteiger partial charge is 0.311 e. The second-order valence-electron chi connectivity index (χ2n) is 7.09. The molecule has 0 aromatic rings. The van der Waals surface area contributed by atoms with Crippen molar-refractivity contribution >= 4 is 17.7 Å². The number of nitrogens with one attached hydrogen (secondary N) is 1. The highest BCUT2D eigenvalue weighted by molar-refractivity contribution is 6.35. The predicted molar refractivity (Wildman–Crippen MR) is 89.7 cm³/mol. The average molecular weight is 325 g/mol. The van der Waals surface area contributed by atoms with Crippen LogP contribution < -0.4 is 5.32 Å². The Hall–Kier alpha value is -1.59. The Labute approximate surface area is 139 Å². The van der Waals surface area contributed by atoms with Gasteiger partial charge in [-0.3, -0.25) is 14.4 Å². The number of rotatable bonds is 8. The number of amides is 3. The number of hydrogen-bond donors (Lipinski definition) is 1. The summed E-state index contributed by atoms with van der Waals surface area (Å²) in [6.45, 7) is 11.2. The molecule has 6 nitrogen and oxygen atoms in total. The molecule has 1 fully saturated rings. The molecule has 0 spiro atoms. The van der Waals surface area contributed by atoms with Gasteiger partial charge >= 0.3 is 11.8 Å². The molecule has 0 unspecified atom stereocenters. The van der Waals surface area contributed by atoms with Crippen LogP contribution in [-0.2, 0) is 14.4 Å². The second-order valence-corrected chi connectivity index (χ2v) is 7.09. The zero-order valence-electron chi connectivity index (χ0n) is 14.9. The summed E-state index contributed by atoms with van der Waals surface area (Å²) in [6.07, 6.45) is 2.23. The molecular weight excluding hydrogens is 294 g/mol. The lowest BCUT2D eigenvalue weighted by atomic mass is 10.1. The van der Waals surface area contributed by atoms with E-state index >= 15 is 0 Å². The van der Waals surface area contributed by atoms with Crippen LogP contribution in [0.5, 0.6) is 0 Å². The Morgan fingerprint density at radius 2 is 1.78 bits per heavy atom. The summed E-state index contributed by atoms with van der Waals surface area (Å²) in [7, 11) is 0. The van der Waals surface area contributed by atoms with Crippen molar-refractivity contribution in [2.24, 2.45) is 11.8 Å². The third-order valence-electron chi connectivity index (χ3n) is 3.71. The van der Waals surface area contributed by atoms with Crippen molar-refractivity contribution in [1.82, 2.24) is 15.1 Å². The summed E-state index contributed by atoms with van der Waals surface area (Å²) < 4.78 is 0. The van der Waals surface area contributed by atoms with Crippen molar-refractivity contribution in [3.63, 3.8) is 0 Å². The van der Waals surface area contributed by atoms with Gasteiger partial charge in [0, 0.05) is 39.1 Å². The number of carbonyl (C=O) groups is 3. The minimum absolute atomic E-state index is 0.187. The molecule has 6 heteroatoms. The first-order chi connectivity index (χ1) is 10.8. The first-order valence-corrected chi connectivity index (χ1v) is 8.66. The van der Waals surface area contributed by atoms with Crippen LogP contribution in [-0.4, -0.2) is 60.2 Å². The number of hydrogen-bond acceptors (Lipinski definition) is 3. The Kier molecular flexibility index (Phi) is 8.06. The third kappa shape index (κ3) is 7.01. The summed E-state index contributed by atoms with van der Waals surface area (Å²) in [4.78, 5) is 39.2. The van der Waals surface area contributed by atoms with Gasteiger partial charge in [0.15, 0.2) is 0 Å². The molecule has 132 valence electrons. The Morgan fingerprint density at radius 1 is 1.17 bits per heavy atom. The van der Waals surface area contributed by atoms with Gasteiger partial charge < -0.3 is 15.1 Å². The second kappa shape index (κ2) is 9.53. The molecule has 0 bridgehead atoms. The lowest BCUT2D eigenvalue weighted by Gasteiger charge is -2.25. The van der Waals surface area contributed by atoms with E-state index in [0.29, 0.717) is 50.9 Å². The molecule has 0 atom stereocenters. The Balaban J connectivity index is 2.35. The van der Waals surface area contributed by atoms with E-state index in [1.807, 2.05) is 32.6 Å². The molecule has 1 N–H and O–H groups in total. The van der Waals surface area contributed by atoms with Crippen LogP contribution in [0.15, 0.2) is 0 Å². The summed E-state index contributed by atoms with van der Waals surface area (Å²) in [5, 5.41) is 2.68. The summed E-state index contributed by atoms with van der Waals surface area (Å²) in [6, 6.07) is 0. The fourth-order valence-corrected chi connectivity index (χ4v) is 2.75. The van der Waals surface area contributed by atoms with Gasteiger partial charge in [-0.25, -0.2) is 0 Å². The van der Waals surface area contributed by atoms with Crippen molar-refractivity contribution < 1.29 is 14.4 Å². The van der Waals surface area contributed by atoms with Crippen molar-refractivity contribution in [3.8, 4) is 0 Å². The monoisotopic (exact) mass is 325 g/mol. The van der Waals surface area contributed by atoms with Gasteiger partial charge in [-0.2, -0.15) is 0 Å². The normalized spacial score (nSPS) is 14.7. The molecule has 0 saturated carbocycles. The van der Waals surface area contributed by atoms with Crippen LogP contribution >= 0.6 is 0 Å². The van der Waals surface area contributed by atoms with Gasteiger partial charge in [-0.15, -0.1) is 0 Å². The highest BCUT2D eigenvalue weighted by Gasteiger charge is 2.23. The van der Waals surface area contributed by atoms with E-state index in [-0.39, 0.29) is 5.91 Å². The molecule has 0 radical (unpaired) electrons. The molecule has 0 aliphatic carbocycles. The van der Waals surface area contributed by atoms with Gasteiger partial charge in [0.25, 0.3) is 0 Å². The lowest BCUT2D eigenvalue weighted by Crippen LogP contribution is -2.46. The zero-order valence-corrected chi connectivity index (χ0v) is 14.9. The Morgan fingerprint density at radius 3 is 2.26 bits per heavy atom. The van der Waals surface area contributed by atoms with Crippen LogP contribution in [0.3, 0.4) is 0 Å². The Bertz CT molecular complexity index is 411. The van der Waals surface area contributed by atoms with E-state index in [1.54, 1.807) is 4.90 Å². The van der Waals surface area contributed by atoms with Crippen molar-refractivity contribution in [2.45, 2.75) is 47.0 Å². The van der Waals surface area contributed by atoms with Crippen LogP contribution in [0.2, 0.25) is 0 Å². The average Bonchev–Trinajstić information content (AvgIpc) is 2.86. The van der Waals surface area contributed by atoms with Crippen LogP contribution in [0.4, 0.5) is 0 Å². The summed E-state index contributed by atoms with van der Waals surface area (Å²) in [5.41, 5.74) is 0. The summed E-state index contributed by atoms with van der Waals surface area (Å²) in [5.74, 6) is -0.158. The van der Waals surface area contributed by atoms with E-state index in [4.69, 9.17) is 0 Å². The first kappa shape index (κ1) is 19.5. The maximum Gasteiger partial charge on any atom is 0.311 e. The standard InChI is InChI=1S/C17H31N3O3/c1-13(2)11-20(12-14(3)4)17(23)16(22)18-8-6-10-19-9-5-7-15(19)21/h13-14H,5-12H2,1-4H3,(H,18,22). The van der Waals surface area contributed by atoms with Gasteiger partial charge in [-0.05, 0) is 24.7 Å². The molecule has 0 aromatic carbocycles. The van der Waals surface area contributed by atoms with E-state index < -0.39 is 11.8 Å². The number of likely N-dealkylation sites (tertiary alicyclic amines) is 1. The highest BCUT2D eigenvalue weighted by atomic mass is 16.2. The first-order valence-electron chi connectivity index (χ1n) is 8.66. The van der Waals surface area contributed by atoms with Gasteiger partial charge in [0.1, 0.15) is 0 Å². The van der Waals surface area contributed by atoms with E-state index in [2.05, 4.69) is 5.32 Å². The molecule has 1 rings (SSSR count). The molecular formula is C17H31N3O3. The van der Waals surface area contributed by atoms with E-state index in [9.17, 15) is 14.4 Å². The molecule has 23 heavy (non-hydrogen) atoms. The minimum Gasteiger partial charge on any atom is -0.348 e. The van der Waals surface area contributed by atoms with Gasteiger partial charge in [-0.1, -0.05) is 27.7 Å². The zero-order chi connectivity index (χ0) is 17.4. The maximum atomic E-state index is 12.3. The van der Waals surface area contributed by atoms with Crippen LogP contribution in [0, 0.1) is 11.8 Å². The van der Waals surface area contributed by atoms with Crippen molar-refractivity contribution in [1.29, 1.82) is 0 Å². The van der Waals surface area contributed by atoms with E-state index in [1.165, 1.54) is 0 Å². The van der Waals surface area contributed by atoms with Gasteiger partial charge in [0.05, 0.1) is 0 Å². The number of carbonyl (C=O) groups excluding carboxylic acids is 3. The molecule has 0 aromatic heterocycles. The van der Waals surface area contributed by atoms with Crippen molar-refractivity contribution in [3.05, 3.63) is 0 Å². The maximum absolute atomic E-state index is 12.3. The molecule has 1 aliphatic heterocycles. The van der Waals surface area contributed by atoms with Crippen LogP contribution in [0.1, 0.15) is 47.0 Å². The number of nitrogens with zero attached hydrogens (tertiary/aromatic N) is 2. The fourth-order valence-electron chi connectivity index (χ4n) is 2.75. The predicted octanol–water partition coefficient (Wildman–Crippen LogP) is 1.26.